The summed E-state index contributed by atoms with van der Waals surface area (Å²) in [5.74, 6) is -0.542. The summed E-state index contributed by atoms with van der Waals surface area (Å²) in [7, 11) is 0. The molecule has 1 rings (SSSR count). The zero-order valence-corrected chi connectivity index (χ0v) is 9.90. The third-order valence-corrected chi connectivity index (χ3v) is 2.40. The summed E-state index contributed by atoms with van der Waals surface area (Å²) in [5.41, 5.74) is 0.270. The maximum absolute atomic E-state index is 12.9. The maximum atomic E-state index is 12.9. The molecule has 0 saturated carbocycles. The van der Waals surface area contributed by atoms with Crippen LogP contribution in [-0.4, -0.2) is 23.8 Å². The van der Waals surface area contributed by atoms with Crippen LogP contribution in [0.15, 0.2) is 18.2 Å². The molecule has 0 radical (unpaired) electrons. The number of hydrogen-bond acceptors (Lipinski definition) is 3. The van der Waals surface area contributed by atoms with E-state index in [4.69, 9.17) is 10.4 Å². The van der Waals surface area contributed by atoms with Crippen LogP contribution in [0.3, 0.4) is 0 Å². The first-order chi connectivity index (χ1) is 8.60. The minimum atomic E-state index is -0.543. The molecule has 5 nitrogen and oxygen atoms in total. The lowest BCUT2D eigenvalue weighted by Crippen LogP contribution is -2.39. The molecule has 6 heteroatoms. The van der Waals surface area contributed by atoms with E-state index in [9.17, 15) is 9.18 Å². The van der Waals surface area contributed by atoms with Crippen molar-refractivity contribution in [3.05, 3.63) is 29.6 Å². The normalized spacial score (nSPS) is 11.4. The van der Waals surface area contributed by atoms with Crippen LogP contribution in [-0.2, 0) is 0 Å². The minimum absolute atomic E-state index is 0.0437. The molecule has 2 amide bonds. The van der Waals surface area contributed by atoms with E-state index in [0.29, 0.717) is 6.42 Å². The number of nitrogens with zero attached hydrogens (tertiary/aromatic N) is 1. The Balaban J connectivity index is 2.73. The number of hydrogen-bond donors (Lipinski definition) is 3. The Morgan fingerprint density at radius 3 is 2.89 bits per heavy atom. The maximum Gasteiger partial charge on any atom is 0.319 e. The van der Waals surface area contributed by atoms with Gasteiger partial charge >= 0.3 is 6.03 Å². The summed E-state index contributed by atoms with van der Waals surface area (Å²) >= 11 is 0. The Bertz CT molecular complexity index is 467. The lowest BCUT2D eigenvalue weighted by Gasteiger charge is -2.15. The number of anilines is 1. The average Bonchev–Trinajstić information content (AvgIpc) is 2.38. The number of benzene rings is 1. The molecule has 18 heavy (non-hydrogen) atoms. The number of amides is 2. The summed E-state index contributed by atoms with van der Waals surface area (Å²) in [6.07, 6.45) is 0.582. The zero-order valence-electron chi connectivity index (χ0n) is 9.90. The van der Waals surface area contributed by atoms with Gasteiger partial charge in [-0.25, -0.2) is 9.18 Å². The smallest absolute Gasteiger partial charge is 0.319 e. The van der Waals surface area contributed by atoms with Gasteiger partial charge in [0.25, 0.3) is 0 Å². The molecule has 0 saturated heterocycles. The number of aliphatic hydroxyl groups excluding tert-OH is 1. The highest BCUT2D eigenvalue weighted by atomic mass is 19.1. The fourth-order valence-corrected chi connectivity index (χ4v) is 1.34. The van der Waals surface area contributed by atoms with Crippen molar-refractivity contribution in [1.29, 1.82) is 5.26 Å². The van der Waals surface area contributed by atoms with E-state index >= 15 is 0 Å². The Morgan fingerprint density at radius 2 is 2.33 bits per heavy atom. The van der Waals surface area contributed by atoms with Crippen LogP contribution in [0, 0.1) is 17.1 Å². The summed E-state index contributed by atoms with van der Waals surface area (Å²) in [6, 6.07) is 4.40. The highest BCUT2D eigenvalue weighted by Crippen LogP contribution is 2.15. The first-order valence-electron chi connectivity index (χ1n) is 5.48. The van der Waals surface area contributed by atoms with Gasteiger partial charge in [0, 0.05) is 0 Å². The van der Waals surface area contributed by atoms with Gasteiger partial charge in [0.15, 0.2) is 0 Å². The number of rotatable bonds is 4. The highest BCUT2D eigenvalue weighted by molar-refractivity contribution is 5.90. The molecule has 0 bridgehead atoms. The molecule has 96 valence electrons. The number of nitrogens with one attached hydrogen (secondary N) is 2. The fourth-order valence-electron chi connectivity index (χ4n) is 1.34. The standard InChI is InChI=1S/C12H14FN3O2/c1-2-10(7-17)15-12(18)16-11-4-3-9(13)5-8(11)6-14/h3-5,10,17H,2,7H2,1H3,(H2,15,16,18)/t10-/m0/s1. The summed E-state index contributed by atoms with van der Waals surface area (Å²) in [4.78, 5) is 11.6. The molecule has 0 aliphatic carbocycles. The van der Waals surface area contributed by atoms with Crippen LogP contribution in [0.2, 0.25) is 0 Å². The molecule has 0 aromatic heterocycles. The topological polar surface area (TPSA) is 85.2 Å². The van der Waals surface area contributed by atoms with Crippen molar-refractivity contribution >= 4 is 11.7 Å². The number of carbonyl (C=O) groups excluding carboxylic acids is 1. The number of nitriles is 1. The molecule has 0 spiro atoms. The lowest BCUT2D eigenvalue weighted by molar-refractivity contribution is 0.222. The first-order valence-corrected chi connectivity index (χ1v) is 5.48. The summed E-state index contributed by atoms with van der Waals surface area (Å²) in [5, 5.41) is 22.7. The van der Waals surface area contributed by atoms with Crippen LogP contribution < -0.4 is 10.6 Å². The van der Waals surface area contributed by atoms with E-state index < -0.39 is 11.8 Å². The van der Waals surface area contributed by atoms with Gasteiger partial charge in [-0.15, -0.1) is 0 Å². The summed E-state index contributed by atoms with van der Waals surface area (Å²) in [6.45, 7) is 1.65. The molecule has 1 aromatic rings. The molecule has 0 aliphatic heterocycles. The SMILES string of the molecule is CC[C@@H](CO)NC(=O)Nc1ccc(F)cc1C#N. The van der Waals surface area contributed by atoms with Crippen LogP contribution in [0.5, 0.6) is 0 Å². The Hall–Kier alpha value is -2.13. The van der Waals surface area contributed by atoms with E-state index in [1.54, 1.807) is 6.07 Å². The highest BCUT2D eigenvalue weighted by Gasteiger charge is 2.11. The van der Waals surface area contributed by atoms with Gasteiger partial charge in [0.05, 0.1) is 23.9 Å². The third-order valence-electron chi connectivity index (χ3n) is 2.40. The number of halogens is 1. The van der Waals surface area contributed by atoms with Gasteiger partial charge in [-0.1, -0.05) is 6.92 Å². The largest absolute Gasteiger partial charge is 0.394 e. The van der Waals surface area contributed by atoms with E-state index in [1.165, 1.54) is 6.07 Å². The molecule has 0 fully saturated rings. The molecule has 3 N–H and O–H groups in total. The zero-order chi connectivity index (χ0) is 13.5. The van der Waals surface area contributed by atoms with Crippen molar-refractivity contribution in [2.24, 2.45) is 0 Å². The Kier molecular flexibility index (Phi) is 5.08. The van der Waals surface area contributed by atoms with Gasteiger partial charge in [0.2, 0.25) is 0 Å². The molecular weight excluding hydrogens is 237 g/mol. The van der Waals surface area contributed by atoms with Gasteiger partial charge in [-0.05, 0) is 24.6 Å². The van der Waals surface area contributed by atoms with Crippen LogP contribution in [0.4, 0.5) is 14.9 Å². The molecule has 1 aromatic carbocycles. The number of aliphatic hydroxyl groups is 1. The van der Waals surface area contributed by atoms with E-state index in [1.807, 2.05) is 6.92 Å². The van der Waals surface area contributed by atoms with Gasteiger partial charge in [0.1, 0.15) is 11.9 Å². The Labute approximate surface area is 104 Å². The van der Waals surface area contributed by atoms with Crippen molar-refractivity contribution in [2.75, 3.05) is 11.9 Å². The van der Waals surface area contributed by atoms with Gasteiger partial charge < -0.3 is 15.7 Å². The first kappa shape index (κ1) is 13.9. The van der Waals surface area contributed by atoms with E-state index in [2.05, 4.69) is 10.6 Å². The van der Waals surface area contributed by atoms with Gasteiger partial charge in [-0.2, -0.15) is 5.26 Å². The fraction of sp³-hybridized carbons (Fsp3) is 0.333. The number of carbonyl (C=O) groups is 1. The van der Waals surface area contributed by atoms with Crippen molar-refractivity contribution in [2.45, 2.75) is 19.4 Å². The predicted molar refractivity (Wildman–Crippen MR) is 64.4 cm³/mol. The average molecular weight is 251 g/mol. The van der Waals surface area contributed by atoms with Crippen molar-refractivity contribution in [3.8, 4) is 6.07 Å². The minimum Gasteiger partial charge on any atom is -0.394 e. The second kappa shape index (κ2) is 6.57. The molecule has 1 atom stereocenters. The van der Waals surface area contributed by atoms with Crippen molar-refractivity contribution in [1.82, 2.24) is 5.32 Å². The lowest BCUT2D eigenvalue weighted by atomic mass is 10.2. The van der Waals surface area contributed by atoms with Crippen LogP contribution >= 0.6 is 0 Å². The second-order valence-electron chi connectivity index (χ2n) is 3.69. The molecular formula is C12H14FN3O2. The molecule has 0 aliphatic rings. The quantitative estimate of drug-likeness (QED) is 0.759. The Morgan fingerprint density at radius 1 is 1.61 bits per heavy atom. The van der Waals surface area contributed by atoms with Crippen LogP contribution in [0.25, 0.3) is 0 Å². The third kappa shape index (κ3) is 3.71. The second-order valence-corrected chi connectivity index (χ2v) is 3.69. The molecule has 0 unspecified atom stereocenters. The van der Waals surface area contributed by atoms with Crippen molar-refractivity contribution in [3.63, 3.8) is 0 Å². The summed E-state index contributed by atoms with van der Waals surface area (Å²) < 4.78 is 12.9. The number of urea groups is 1. The molecule has 0 heterocycles. The van der Waals surface area contributed by atoms with Crippen LogP contribution in [0.1, 0.15) is 18.9 Å². The van der Waals surface area contributed by atoms with E-state index in [0.717, 1.165) is 12.1 Å². The van der Waals surface area contributed by atoms with Gasteiger partial charge in [-0.3, -0.25) is 0 Å². The monoisotopic (exact) mass is 251 g/mol. The van der Waals surface area contributed by atoms with Crippen molar-refractivity contribution < 1.29 is 14.3 Å². The van der Waals surface area contributed by atoms with E-state index in [-0.39, 0.29) is 23.9 Å². The predicted octanol–water partition coefficient (Wildman–Crippen LogP) is 1.59.